The first-order valence-corrected chi connectivity index (χ1v) is 12.2. The van der Waals surface area contributed by atoms with Crippen molar-refractivity contribution in [3.8, 4) is 11.5 Å². The molecule has 2 aliphatic heterocycles. The maximum Gasteiger partial charge on any atom is 0.211 e. The molecule has 2 aliphatic rings. The SMILES string of the molecule is COc1ccc([C@H]2CN(S(C)(=O)=O)[C@@H]3CCN(Cc4cccc(OC)c4)C[C@H]23)cc1. The van der Waals surface area contributed by atoms with Gasteiger partial charge in [0.05, 0.1) is 20.5 Å². The van der Waals surface area contributed by atoms with Crippen molar-refractivity contribution < 1.29 is 17.9 Å². The van der Waals surface area contributed by atoms with Crippen LogP contribution in [0.1, 0.15) is 23.5 Å². The Morgan fingerprint density at radius 1 is 1.00 bits per heavy atom. The smallest absolute Gasteiger partial charge is 0.211 e. The van der Waals surface area contributed by atoms with Gasteiger partial charge in [0, 0.05) is 38.1 Å². The lowest BCUT2D eigenvalue weighted by atomic mass is 9.82. The molecule has 7 heteroatoms. The largest absolute Gasteiger partial charge is 0.497 e. The molecule has 0 radical (unpaired) electrons. The number of ether oxygens (including phenoxy) is 2. The Labute approximate surface area is 179 Å². The van der Waals surface area contributed by atoms with Crippen LogP contribution < -0.4 is 9.47 Å². The quantitative estimate of drug-likeness (QED) is 0.705. The predicted molar refractivity (Wildman–Crippen MR) is 117 cm³/mol. The topological polar surface area (TPSA) is 59.1 Å². The number of hydrogen-bond acceptors (Lipinski definition) is 5. The summed E-state index contributed by atoms with van der Waals surface area (Å²) in [6.07, 6.45) is 2.19. The molecule has 4 rings (SSSR count). The number of piperidine rings is 1. The van der Waals surface area contributed by atoms with Gasteiger partial charge in [0.2, 0.25) is 10.0 Å². The summed E-state index contributed by atoms with van der Waals surface area (Å²) in [7, 11) is 0.101. The molecule has 0 bridgehead atoms. The van der Waals surface area contributed by atoms with E-state index < -0.39 is 10.0 Å². The zero-order chi connectivity index (χ0) is 21.3. The van der Waals surface area contributed by atoms with E-state index in [4.69, 9.17) is 9.47 Å². The minimum atomic E-state index is -3.24. The number of hydrogen-bond donors (Lipinski definition) is 0. The first-order valence-electron chi connectivity index (χ1n) is 10.3. The third-order valence-corrected chi connectivity index (χ3v) is 7.75. The number of methoxy groups -OCH3 is 2. The lowest BCUT2D eigenvalue weighted by molar-refractivity contribution is 0.130. The molecular weight excluding hydrogens is 400 g/mol. The third kappa shape index (κ3) is 4.33. The van der Waals surface area contributed by atoms with E-state index in [1.54, 1.807) is 18.5 Å². The highest BCUT2D eigenvalue weighted by molar-refractivity contribution is 7.88. The minimum Gasteiger partial charge on any atom is -0.497 e. The van der Waals surface area contributed by atoms with Crippen molar-refractivity contribution >= 4 is 10.0 Å². The fraction of sp³-hybridized carbons (Fsp3) is 0.478. The van der Waals surface area contributed by atoms with Crippen LogP contribution in [0.25, 0.3) is 0 Å². The van der Waals surface area contributed by atoms with Crippen LogP contribution in [-0.2, 0) is 16.6 Å². The lowest BCUT2D eigenvalue weighted by Crippen LogP contribution is -2.47. The molecule has 0 aromatic heterocycles. The second kappa shape index (κ2) is 8.57. The van der Waals surface area contributed by atoms with Crippen LogP contribution in [0.5, 0.6) is 11.5 Å². The van der Waals surface area contributed by atoms with Gasteiger partial charge in [0.1, 0.15) is 11.5 Å². The predicted octanol–water partition coefficient (Wildman–Crippen LogP) is 2.95. The van der Waals surface area contributed by atoms with Gasteiger partial charge in [-0.05, 0) is 47.7 Å². The van der Waals surface area contributed by atoms with Crippen molar-refractivity contribution in [1.29, 1.82) is 0 Å². The maximum absolute atomic E-state index is 12.5. The van der Waals surface area contributed by atoms with Crippen molar-refractivity contribution in [2.24, 2.45) is 5.92 Å². The molecule has 3 atom stereocenters. The molecule has 0 spiro atoms. The van der Waals surface area contributed by atoms with Crippen LogP contribution in [0, 0.1) is 5.92 Å². The number of fused-ring (bicyclic) bond motifs is 1. The molecule has 6 nitrogen and oxygen atoms in total. The average molecular weight is 431 g/mol. The second-order valence-corrected chi connectivity index (χ2v) is 10.3. The van der Waals surface area contributed by atoms with Gasteiger partial charge in [-0.1, -0.05) is 24.3 Å². The summed E-state index contributed by atoms with van der Waals surface area (Å²) in [4.78, 5) is 2.44. The van der Waals surface area contributed by atoms with E-state index in [9.17, 15) is 8.42 Å². The van der Waals surface area contributed by atoms with Crippen molar-refractivity contribution in [1.82, 2.24) is 9.21 Å². The van der Waals surface area contributed by atoms with Gasteiger partial charge in [0.15, 0.2) is 0 Å². The monoisotopic (exact) mass is 430 g/mol. The van der Waals surface area contributed by atoms with Crippen molar-refractivity contribution in [2.45, 2.75) is 24.9 Å². The van der Waals surface area contributed by atoms with Crippen LogP contribution >= 0.6 is 0 Å². The summed E-state index contributed by atoms with van der Waals surface area (Å²) in [6.45, 7) is 3.16. The Hall–Kier alpha value is -2.09. The summed E-state index contributed by atoms with van der Waals surface area (Å²) < 4.78 is 37.4. The number of sulfonamides is 1. The summed E-state index contributed by atoms with van der Waals surface area (Å²) in [5.74, 6) is 2.13. The molecule has 2 aromatic rings. The van der Waals surface area contributed by atoms with Crippen molar-refractivity contribution in [2.75, 3.05) is 40.1 Å². The van der Waals surface area contributed by atoms with E-state index >= 15 is 0 Å². The van der Waals surface area contributed by atoms with Gasteiger partial charge < -0.3 is 9.47 Å². The highest BCUT2D eigenvalue weighted by atomic mass is 32.2. The normalized spacial score (nSPS) is 25.1. The molecule has 30 heavy (non-hydrogen) atoms. The third-order valence-electron chi connectivity index (χ3n) is 6.48. The van der Waals surface area contributed by atoms with Crippen LogP contribution in [0.2, 0.25) is 0 Å². The van der Waals surface area contributed by atoms with Gasteiger partial charge in [-0.2, -0.15) is 4.31 Å². The summed E-state index contributed by atoms with van der Waals surface area (Å²) in [6, 6.07) is 16.3. The highest BCUT2D eigenvalue weighted by Gasteiger charge is 2.48. The summed E-state index contributed by atoms with van der Waals surface area (Å²) in [5.41, 5.74) is 2.40. The Morgan fingerprint density at radius 3 is 2.40 bits per heavy atom. The molecule has 0 saturated carbocycles. The van der Waals surface area contributed by atoms with Gasteiger partial charge in [0.25, 0.3) is 0 Å². The molecule has 0 amide bonds. The Balaban J connectivity index is 1.57. The lowest BCUT2D eigenvalue weighted by Gasteiger charge is -2.38. The van der Waals surface area contributed by atoms with E-state index in [2.05, 4.69) is 29.2 Å². The van der Waals surface area contributed by atoms with Crippen LogP contribution in [0.3, 0.4) is 0 Å². The van der Waals surface area contributed by atoms with E-state index in [0.717, 1.165) is 37.6 Å². The van der Waals surface area contributed by atoms with Crippen LogP contribution in [-0.4, -0.2) is 63.8 Å². The zero-order valence-electron chi connectivity index (χ0n) is 17.8. The molecule has 0 unspecified atom stereocenters. The summed E-state index contributed by atoms with van der Waals surface area (Å²) >= 11 is 0. The number of rotatable bonds is 6. The fourth-order valence-electron chi connectivity index (χ4n) is 5.02. The second-order valence-electron chi connectivity index (χ2n) is 8.32. The summed E-state index contributed by atoms with van der Waals surface area (Å²) in [5, 5.41) is 0. The first-order chi connectivity index (χ1) is 14.4. The fourth-order valence-corrected chi connectivity index (χ4v) is 6.20. The molecule has 0 N–H and O–H groups in total. The molecular formula is C23H30N2O4S. The molecule has 2 heterocycles. The van der Waals surface area contributed by atoms with Crippen molar-refractivity contribution in [3.05, 3.63) is 59.7 Å². The number of likely N-dealkylation sites (tertiary alicyclic amines) is 1. The van der Waals surface area contributed by atoms with E-state index in [-0.39, 0.29) is 17.9 Å². The highest BCUT2D eigenvalue weighted by Crippen LogP contribution is 2.43. The van der Waals surface area contributed by atoms with Crippen LogP contribution in [0.4, 0.5) is 0 Å². The van der Waals surface area contributed by atoms with Gasteiger partial charge >= 0.3 is 0 Å². The van der Waals surface area contributed by atoms with E-state index in [1.165, 1.54) is 17.4 Å². The zero-order valence-corrected chi connectivity index (χ0v) is 18.6. The van der Waals surface area contributed by atoms with Crippen LogP contribution in [0.15, 0.2) is 48.5 Å². The maximum atomic E-state index is 12.5. The molecule has 2 saturated heterocycles. The number of benzene rings is 2. The Morgan fingerprint density at radius 2 is 1.73 bits per heavy atom. The molecule has 2 aromatic carbocycles. The van der Waals surface area contributed by atoms with E-state index in [0.29, 0.717) is 6.54 Å². The number of nitrogens with zero attached hydrogens (tertiary/aromatic N) is 2. The molecule has 0 aliphatic carbocycles. The molecule has 162 valence electrons. The average Bonchev–Trinajstić information content (AvgIpc) is 3.13. The van der Waals surface area contributed by atoms with Gasteiger partial charge in [-0.3, -0.25) is 4.90 Å². The van der Waals surface area contributed by atoms with Gasteiger partial charge in [-0.15, -0.1) is 0 Å². The minimum absolute atomic E-state index is 0.0636. The Kier molecular flexibility index (Phi) is 6.04. The Bertz CT molecular complexity index is 977. The first kappa shape index (κ1) is 21.2. The van der Waals surface area contributed by atoms with E-state index in [1.807, 2.05) is 24.3 Å². The van der Waals surface area contributed by atoms with Crippen molar-refractivity contribution in [3.63, 3.8) is 0 Å². The standard InChI is InChI=1S/C23H30N2O4S/c1-28-19-9-7-18(8-10-19)21-16-25(30(3,26)27)23-11-12-24(15-22(21)23)14-17-5-4-6-20(13-17)29-2/h4-10,13,21-23H,11-12,14-16H2,1-3H3/t21-,22-,23-/m1/s1. The van der Waals surface area contributed by atoms with Gasteiger partial charge in [-0.25, -0.2) is 8.42 Å². The molecule has 2 fully saturated rings.